The molecule has 1 aliphatic rings. The number of halogens is 1. The number of piperazine rings is 1. The van der Waals surface area contributed by atoms with Crippen molar-refractivity contribution in [1.29, 1.82) is 0 Å². The summed E-state index contributed by atoms with van der Waals surface area (Å²) in [4.78, 5) is 12.5. The number of benzene rings is 3. The Labute approximate surface area is 167 Å². The minimum atomic E-state index is -3.68. The first-order valence-electron chi connectivity index (χ1n) is 9.04. The standard InChI is InChI=1S/C20H18FN3O4S/c21-17-6-8-19(20(14-17)24(25)26)22-9-11-23(12-10-22)29(27,28)18-7-5-15-3-1-2-4-16(15)13-18/h1-8,13-14H,9-12H2. The Bertz CT molecular complexity index is 1190. The first-order chi connectivity index (χ1) is 13.9. The largest absolute Gasteiger partial charge is 0.363 e. The minimum Gasteiger partial charge on any atom is -0.363 e. The number of hydrogen-bond donors (Lipinski definition) is 0. The van der Waals surface area contributed by atoms with Crippen LogP contribution in [0.15, 0.2) is 65.6 Å². The van der Waals surface area contributed by atoms with Gasteiger partial charge in [-0.15, -0.1) is 0 Å². The average Bonchev–Trinajstić information content (AvgIpc) is 2.73. The highest BCUT2D eigenvalue weighted by molar-refractivity contribution is 7.89. The van der Waals surface area contributed by atoms with Crippen molar-refractivity contribution in [2.24, 2.45) is 0 Å². The molecule has 0 aromatic heterocycles. The van der Waals surface area contributed by atoms with Crippen LogP contribution in [0.5, 0.6) is 0 Å². The van der Waals surface area contributed by atoms with Crippen LogP contribution in [0.3, 0.4) is 0 Å². The van der Waals surface area contributed by atoms with Crippen molar-refractivity contribution in [2.75, 3.05) is 31.1 Å². The Balaban J connectivity index is 1.55. The van der Waals surface area contributed by atoms with Gasteiger partial charge in [-0.05, 0) is 35.0 Å². The molecule has 1 saturated heterocycles. The van der Waals surface area contributed by atoms with Gasteiger partial charge >= 0.3 is 0 Å². The number of anilines is 1. The van der Waals surface area contributed by atoms with Gasteiger partial charge < -0.3 is 4.90 Å². The maximum atomic E-state index is 13.4. The predicted octanol–water partition coefficient (Wildman–Crippen LogP) is 3.40. The van der Waals surface area contributed by atoms with Crippen LogP contribution in [0, 0.1) is 15.9 Å². The number of nitro benzene ring substituents is 1. The van der Waals surface area contributed by atoms with E-state index in [1.54, 1.807) is 23.1 Å². The van der Waals surface area contributed by atoms with Crippen molar-refractivity contribution in [3.63, 3.8) is 0 Å². The highest BCUT2D eigenvalue weighted by Gasteiger charge is 2.31. The van der Waals surface area contributed by atoms with Crippen molar-refractivity contribution in [1.82, 2.24) is 4.31 Å². The van der Waals surface area contributed by atoms with Gasteiger partial charge in [-0.25, -0.2) is 12.8 Å². The van der Waals surface area contributed by atoms with Gasteiger partial charge in [0.25, 0.3) is 5.69 Å². The van der Waals surface area contributed by atoms with Crippen LogP contribution in [0.2, 0.25) is 0 Å². The molecule has 0 aliphatic carbocycles. The van der Waals surface area contributed by atoms with Gasteiger partial charge in [0.05, 0.1) is 15.9 Å². The topological polar surface area (TPSA) is 83.8 Å². The monoisotopic (exact) mass is 415 g/mol. The summed E-state index contributed by atoms with van der Waals surface area (Å²) in [6.07, 6.45) is 0. The lowest BCUT2D eigenvalue weighted by Crippen LogP contribution is -2.48. The summed E-state index contributed by atoms with van der Waals surface area (Å²) in [5.74, 6) is -0.682. The SMILES string of the molecule is O=[N+]([O-])c1cc(F)ccc1N1CCN(S(=O)(=O)c2ccc3ccccc3c2)CC1. The maximum Gasteiger partial charge on any atom is 0.295 e. The van der Waals surface area contributed by atoms with E-state index in [-0.39, 0.29) is 36.8 Å². The van der Waals surface area contributed by atoms with E-state index in [0.717, 1.165) is 16.8 Å². The molecular formula is C20H18FN3O4S. The van der Waals surface area contributed by atoms with E-state index in [9.17, 15) is 22.9 Å². The van der Waals surface area contributed by atoms with Crippen LogP contribution in [-0.2, 0) is 10.0 Å². The van der Waals surface area contributed by atoms with Crippen molar-refractivity contribution in [2.45, 2.75) is 4.90 Å². The zero-order chi connectivity index (χ0) is 20.6. The second-order valence-electron chi connectivity index (χ2n) is 6.79. The average molecular weight is 415 g/mol. The fourth-order valence-electron chi connectivity index (χ4n) is 3.56. The van der Waals surface area contributed by atoms with Gasteiger partial charge in [-0.1, -0.05) is 30.3 Å². The van der Waals surface area contributed by atoms with E-state index < -0.39 is 20.8 Å². The molecule has 1 heterocycles. The Kier molecular flexibility index (Phi) is 4.93. The molecule has 0 N–H and O–H groups in total. The van der Waals surface area contributed by atoms with Crippen LogP contribution >= 0.6 is 0 Å². The zero-order valence-corrected chi connectivity index (χ0v) is 16.2. The smallest absolute Gasteiger partial charge is 0.295 e. The molecule has 1 aliphatic heterocycles. The van der Waals surface area contributed by atoms with E-state index in [1.165, 1.54) is 16.4 Å². The van der Waals surface area contributed by atoms with Crippen LogP contribution in [0.25, 0.3) is 10.8 Å². The zero-order valence-electron chi connectivity index (χ0n) is 15.4. The summed E-state index contributed by atoms with van der Waals surface area (Å²) in [5, 5.41) is 13.0. The normalized spacial score (nSPS) is 15.6. The lowest BCUT2D eigenvalue weighted by molar-refractivity contribution is -0.384. The fraction of sp³-hybridized carbons (Fsp3) is 0.200. The molecule has 0 saturated carbocycles. The van der Waals surface area contributed by atoms with Crippen LogP contribution < -0.4 is 4.90 Å². The number of fused-ring (bicyclic) bond motifs is 1. The van der Waals surface area contributed by atoms with Crippen molar-refractivity contribution in [3.05, 3.63) is 76.6 Å². The second-order valence-corrected chi connectivity index (χ2v) is 8.73. The highest BCUT2D eigenvalue weighted by atomic mass is 32.2. The van der Waals surface area contributed by atoms with E-state index in [4.69, 9.17) is 0 Å². The summed E-state index contributed by atoms with van der Waals surface area (Å²) in [7, 11) is -3.68. The lowest BCUT2D eigenvalue weighted by Gasteiger charge is -2.35. The fourth-order valence-corrected chi connectivity index (χ4v) is 5.01. The van der Waals surface area contributed by atoms with E-state index >= 15 is 0 Å². The number of nitrogens with zero attached hydrogens (tertiary/aromatic N) is 3. The summed E-state index contributed by atoms with van der Waals surface area (Å²) in [6, 6.07) is 16.0. The molecule has 0 amide bonds. The molecule has 0 bridgehead atoms. The third-order valence-electron chi connectivity index (χ3n) is 5.07. The number of nitro groups is 1. The molecule has 1 fully saturated rings. The molecule has 0 spiro atoms. The Morgan fingerprint density at radius 1 is 0.897 bits per heavy atom. The predicted molar refractivity (Wildman–Crippen MR) is 108 cm³/mol. The molecule has 150 valence electrons. The van der Waals surface area contributed by atoms with Gasteiger partial charge in [0.15, 0.2) is 0 Å². The van der Waals surface area contributed by atoms with E-state index in [0.29, 0.717) is 5.69 Å². The summed E-state index contributed by atoms with van der Waals surface area (Å²) in [6.45, 7) is 0.923. The van der Waals surface area contributed by atoms with Gasteiger partial charge in [-0.2, -0.15) is 4.31 Å². The third kappa shape index (κ3) is 3.66. The number of hydrogen-bond acceptors (Lipinski definition) is 5. The lowest BCUT2D eigenvalue weighted by atomic mass is 10.1. The van der Waals surface area contributed by atoms with Crippen molar-refractivity contribution < 1.29 is 17.7 Å². The quantitative estimate of drug-likeness (QED) is 0.482. The molecule has 0 atom stereocenters. The molecule has 0 radical (unpaired) electrons. The Morgan fingerprint density at radius 2 is 1.59 bits per heavy atom. The van der Waals surface area contributed by atoms with Gasteiger partial charge in [-0.3, -0.25) is 10.1 Å². The summed E-state index contributed by atoms with van der Waals surface area (Å²) >= 11 is 0. The first-order valence-corrected chi connectivity index (χ1v) is 10.5. The van der Waals surface area contributed by atoms with Crippen LogP contribution in [-0.4, -0.2) is 43.8 Å². The molecule has 7 nitrogen and oxygen atoms in total. The maximum absolute atomic E-state index is 13.4. The molecule has 3 aromatic carbocycles. The van der Waals surface area contributed by atoms with Gasteiger partial charge in [0.2, 0.25) is 10.0 Å². The van der Waals surface area contributed by atoms with Gasteiger partial charge in [0.1, 0.15) is 11.5 Å². The summed E-state index contributed by atoms with van der Waals surface area (Å²) < 4.78 is 40.8. The van der Waals surface area contributed by atoms with E-state index in [1.807, 2.05) is 24.3 Å². The minimum absolute atomic E-state index is 0.184. The summed E-state index contributed by atoms with van der Waals surface area (Å²) in [5.41, 5.74) is -0.0324. The van der Waals surface area contributed by atoms with Crippen molar-refractivity contribution in [3.8, 4) is 0 Å². The highest BCUT2D eigenvalue weighted by Crippen LogP contribution is 2.30. The first kappa shape index (κ1) is 19.3. The molecule has 29 heavy (non-hydrogen) atoms. The van der Waals surface area contributed by atoms with Gasteiger partial charge in [0, 0.05) is 26.2 Å². The molecule has 3 aromatic rings. The van der Waals surface area contributed by atoms with Crippen molar-refractivity contribution >= 4 is 32.2 Å². The van der Waals surface area contributed by atoms with Crippen LogP contribution in [0.1, 0.15) is 0 Å². The Hall–Kier alpha value is -3.04. The number of sulfonamides is 1. The number of rotatable bonds is 4. The molecule has 0 unspecified atom stereocenters. The Morgan fingerprint density at radius 3 is 2.28 bits per heavy atom. The second kappa shape index (κ2) is 7.41. The molecular weight excluding hydrogens is 397 g/mol. The molecule has 9 heteroatoms. The van der Waals surface area contributed by atoms with E-state index in [2.05, 4.69) is 0 Å². The third-order valence-corrected chi connectivity index (χ3v) is 6.97. The van der Waals surface area contributed by atoms with Crippen LogP contribution in [0.4, 0.5) is 15.8 Å². The molecule has 4 rings (SSSR count).